The third-order valence-electron chi connectivity index (χ3n) is 3.32. The van der Waals surface area contributed by atoms with E-state index in [4.69, 9.17) is 9.97 Å². The molecule has 0 radical (unpaired) electrons. The smallest absolute Gasteiger partial charge is 0.131 e. The first kappa shape index (κ1) is 16.1. The van der Waals surface area contributed by atoms with Gasteiger partial charge in [0, 0.05) is 17.3 Å². The summed E-state index contributed by atoms with van der Waals surface area (Å²) in [5.74, 6) is 2.89. The summed E-state index contributed by atoms with van der Waals surface area (Å²) >= 11 is 0. The van der Waals surface area contributed by atoms with Gasteiger partial charge in [-0.25, -0.2) is 9.97 Å². The number of aromatic nitrogens is 2. The van der Waals surface area contributed by atoms with Gasteiger partial charge in [-0.1, -0.05) is 41.5 Å². The monoisotopic (exact) mass is 262 g/mol. The Balaban J connectivity index is 2.84. The van der Waals surface area contributed by atoms with Gasteiger partial charge in [0.15, 0.2) is 0 Å². The maximum atomic E-state index is 4.72. The number of hydrogen-bond donors (Lipinski definition) is 0. The minimum atomic E-state index is 0.414. The van der Waals surface area contributed by atoms with Crippen LogP contribution in [0, 0.1) is 11.8 Å². The maximum Gasteiger partial charge on any atom is 0.131 e. The van der Waals surface area contributed by atoms with E-state index < -0.39 is 0 Å². The molecule has 0 N–H and O–H groups in total. The highest BCUT2D eigenvalue weighted by Gasteiger charge is 2.09. The Kier molecular flexibility index (Phi) is 6.47. The summed E-state index contributed by atoms with van der Waals surface area (Å²) in [7, 11) is 0. The van der Waals surface area contributed by atoms with Crippen molar-refractivity contribution in [1.29, 1.82) is 0 Å². The summed E-state index contributed by atoms with van der Waals surface area (Å²) < 4.78 is 0. The van der Waals surface area contributed by atoms with Crippen molar-refractivity contribution < 1.29 is 0 Å². The quantitative estimate of drug-likeness (QED) is 0.707. The molecule has 1 aromatic heterocycles. The van der Waals surface area contributed by atoms with Crippen molar-refractivity contribution in [2.24, 2.45) is 11.8 Å². The molecule has 0 aliphatic carbocycles. The molecule has 1 aromatic rings. The van der Waals surface area contributed by atoms with Crippen molar-refractivity contribution in [3.05, 3.63) is 23.3 Å². The molecular formula is C17H30N2. The Bertz CT molecular complexity index is 351. The minimum Gasteiger partial charge on any atom is -0.238 e. The highest BCUT2D eigenvalue weighted by molar-refractivity contribution is 5.13. The molecule has 0 atom stereocenters. The van der Waals surface area contributed by atoms with Crippen LogP contribution in [0.2, 0.25) is 0 Å². The van der Waals surface area contributed by atoms with Crippen LogP contribution in [-0.4, -0.2) is 9.97 Å². The van der Waals surface area contributed by atoms with Crippen LogP contribution in [0.5, 0.6) is 0 Å². The molecule has 0 aromatic carbocycles. The molecule has 0 fully saturated rings. The van der Waals surface area contributed by atoms with Gasteiger partial charge < -0.3 is 0 Å². The Hall–Kier alpha value is -0.920. The van der Waals surface area contributed by atoms with Gasteiger partial charge in [0.1, 0.15) is 5.82 Å². The lowest BCUT2D eigenvalue weighted by atomic mass is 10.0. The molecule has 0 spiro atoms. The summed E-state index contributed by atoms with van der Waals surface area (Å²) in [6, 6.07) is 2.22. The first-order valence-corrected chi connectivity index (χ1v) is 7.75. The second-order valence-electron chi connectivity index (χ2n) is 6.73. The normalized spacial score (nSPS) is 11.8. The van der Waals surface area contributed by atoms with Crippen molar-refractivity contribution in [3.63, 3.8) is 0 Å². The van der Waals surface area contributed by atoms with Gasteiger partial charge >= 0.3 is 0 Å². The van der Waals surface area contributed by atoms with Crippen LogP contribution in [0.15, 0.2) is 6.07 Å². The van der Waals surface area contributed by atoms with E-state index in [1.807, 2.05) is 0 Å². The van der Waals surface area contributed by atoms with Gasteiger partial charge in [-0.3, -0.25) is 0 Å². The van der Waals surface area contributed by atoms with Gasteiger partial charge in [-0.2, -0.15) is 0 Å². The number of nitrogens with zero attached hydrogens (tertiary/aromatic N) is 2. The summed E-state index contributed by atoms with van der Waals surface area (Å²) in [5.41, 5.74) is 2.46. The van der Waals surface area contributed by atoms with E-state index in [9.17, 15) is 0 Å². The predicted molar refractivity (Wildman–Crippen MR) is 82.4 cm³/mol. The van der Waals surface area contributed by atoms with Crippen LogP contribution in [0.1, 0.15) is 77.5 Å². The summed E-state index contributed by atoms with van der Waals surface area (Å²) in [6.07, 6.45) is 4.57. The van der Waals surface area contributed by atoms with E-state index >= 15 is 0 Å². The highest BCUT2D eigenvalue weighted by Crippen LogP contribution is 2.16. The number of rotatable bonds is 7. The van der Waals surface area contributed by atoms with Gasteiger partial charge in [-0.05, 0) is 43.6 Å². The molecule has 0 saturated heterocycles. The lowest BCUT2D eigenvalue weighted by Crippen LogP contribution is -2.07. The summed E-state index contributed by atoms with van der Waals surface area (Å²) in [6.45, 7) is 13.4. The predicted octanol–water partition coefficient (Wildman–Crippen LogP) is 4.78. The Morgan fingerprint density at radius 1 is 0.789 bits per heavy atom. The molecule has 0 bridgehead atoms. The zero-order valence-corrected chi connectivity index (χ0v) is 13.5. The lowest BCUT2D eigenvalue weighted by molar-refractivity contribution is 0.567. The number of aryl methyl sites for hydroxylation is 2. The molecule has 1 heterocycles. The van der Waals surface area contributed by atoms with Gasteiger partial charge in [0.25, 0.3) is 0 Å². The fourth-order valence-electron chi connectivity index (χ4n) is 1.96. The highest BCUT2D eigenvalue weighted by atomic mass is 14.9. The van der Waals surface area contributed by atoms with E-state index in [1.165, 1.54) is 24.2 Å². The molecule has 1 rings (SSSR count). The van der Waals surface area contributed by atoms with Crippen molar-refractivity contribution in [2.75, 3.05) is 0 Å². The lowest BCUT2D eigenvalue weighted by Gasteiger charge is -2.12. The first-order valence-electron chi connectivity index (χ1n) is 7.75. The van der Waals surface area contributed by atoms with Crippen molar-refractivity contribution in [3.8, 4) is 0 Å². The van der Waals surface area contributed by atoms with Crippen LogP contribution < -0.4 is 0 Å². The second-order valence-corrected chi connectivity index (χ2v) is 6.73. The standard InChI is InChI=1S/C17H30N2/c1-12(2)7-9-15-11-16(10-8-13(3)4)19-17(18-15)14(5)6/h11-14H,7-10H2,1-6H3. The molecule has 0 amide bonds. The first-order chi connectivity index (χ1) is 8.88. The Labute approximate surface area is 119 Å². The molecule has 0 aliphatic heterocycles. The van der Waals surface area contributed by atoms with Crippen LogP contribution in [-0.2, 0) is 12.8 Å². The molecule has 0 unspecified atom stereocenters. The van der Waals surface area contributed by atoms with Gasteiger partial charge in [0.05, 0.1) is 0 Å². The fourth-order valence-corrected chi connectivity index (χ4v) is 1.96. The zero-order valence-electron chi connectivity index (χ0n) is 13.5. The molecule has 0 saturated carbocycles. The minimum absolute atomic E-state index is 0.414. The number of hydrogen-bond acceptors (Lipinski definition) is 2. The van der Waals surface area contributed by atoms with E-state index in [2.05, 4.69) is 47.6 Å². The van der Waals surface area contributed by atoms with Gasteiger partial charge in [0.2, 0.25) is 0 Å². The average Bonchev–Trinajstić information content (AvgIpc) is 2.33. The maximum absolute atomic E-state index is 4.72. The van der Waals surface area contributed by atoms with Crippen LogP contribution in [0.3, 0.4) is 0 Å². The summed E-state index contributed by atoms with van der Waals surface area (Å²) in [4.78, 5) is 9.44. The van der Waals surface area contributed by atoms with E-state index in [1.54, 1.807) is 0 Å². The second kappa shape index (κ2) is 7.62. The molecule has 108 valence electrons. The van der Waals surface area contributed by atoms with Crippen LogP contribution in [0.25, 0.3) is 0 Å². The van der Waals surface area contributed by atoms with Gasteiger partial charge in [-0.15, -0.1) is 0 Å². The van der Waals surface area contributed by atoms with Crippen LogP contribution in [0.4, 0.5) is 0 Å². The van der Waals surface area contributed by atoms with E-state index in [0.717, 1.165) is 30.5 Å². The Morgan fingerprint density at radius 3 is 1.53 bits per heavy atom. The molecule has 0 aliphatic rings. The zero-order chi connectivity index (χ0) is 14.4. The third-order valence-corrected chi connectivity index (χ3v) is 3.32. The van der Waals surface area contributed by atoms with E-state index in [-0.39, 0.29) is 0 Å². The average molecular weight is 262 g/mol. The van der Waals surface area contributed by atoms with Crippen LogP contribution >= 0.6 is 0 Å². The summed E-state index contributed by atoms with van der Waals surface area (Å²) in [5, 5.41) is 0. The molecule has 2 heteroatoms. The van der Waals surface area contributed by atoms with Crippen molar-refractivity contribution in [2.45, 2.75) is 73.1 Å². The largest absolute Gasteiger partial charge is 0.238 e. The third kappa shape index (κ3) is 6.17. The van der Waals surface area contributed by atoms with E-state index in [0.29, 0.717) is 5.92 Å². The van der Waals surface area contributed by atoms with Crippen molar-refractivity contribution >= 4 is 0 Å². The SMILES string of the molecule is CC(C)CCc1cc(CCC(C)C)nc(C(C)C)n1. The fraction of sp³-hybridized carbons (Fsp3) is 0.765. The molecule has 2 nitrogen and oxygen atoms in total. The Morgan fingerprint density at radius 2 is 1.21 bits per heavy atom. The molecular weight excluding hydrogens is 232 g/mol. The van der Waals surface area contributed by atoms with Crippen molar-refractivity contribution in [1.82, 2.24) is 9.97 Å². The topological polar surface area (TPSA) is 25.8 Å². The molecule has 19 heavy (non-hydrogen) atoms.